The van der Waals surface area contributed by atoms with Crippen LogP contribution in [0.2, 0.25) is 0 Å². The summed E-state index contributed by atoms with van der Waals surface area (Å²) in [4.78, 5) is 4.95. The second-order valence-electron chi connectivity index (χ2n) is 4.75. The molecule has 0 aromatic rings. The fourth-order valence-corrected chi connectivity index (χ4v) is 2.83. The minimum Gasteiger partial charge on any atom is -0.391 e. The monoisotopic (exact) mass is 232 g/mol. The molecule has 0 amide bonds. The van der Waals surface area contributed by atoms with Gasteiger partial charge in [-0.3, -0.25) is 9.80 Å². The van der Waals surface area contributed by atoms with Crippen molar-refractivity contribution in [2.24, 2.45) is 0 Å². The van der Waals surface area contributed by atoms with Crippen molar-refractivity contribution in [3.63, 3.8) is 0 Å². The molecule has 0 aliphatic carbocycles. The van der Waals surface area contributed by atoms with Gasteiger partial charge >= 0.3 is 0 Å². The molecule has 0 aromatic heterocycles. The number of nitrogens with zero attached hydrogens (tertiary/aromatic N) is 2. The van der Waals surface area contributed by atoms with Gasteiger partial charge in [-0.25, -0.2) is 0 Å². The Hall–Kier alpha value is 0.170. The maximum absolute atomic E-state index is 9.48. The Kier molecular flexibility index (Phi) is 4.26. The summed E-state index contributed by atoms with van der Waals surface area (Å²) in [6.07, 6.45) is 3.63. The molecular weight excluding hydrogens is 212 g/mol. The summed E-state index contributed by atoms with van der Waals surface area (Å²) in [7, 11) is 0. The summed E-state index contributed by atoms with van der Waals surface area (Å²) in [5, 5.41) is 9.48. The average Bonchev–Trinajstić information content (AvgIpc) is 2.85. The number of alkyl halides is 1. The van der Waals surface area contributed by atoms with Crippen molar-refractivity contribution in [2.75, 3.05) is 38.6 Å². The van der Waals surface area contributed by atoms with E-state index in [1.54, 1.807) is 0 Å². The molecule has 1 N–H and O–H groups in total. The van der Waals surface area contributed by atoms with E-state index in [0.29, 0.717) is 5.88 Å². The molecule has 0 saturated carbocycles. The van der Waals surface area contributed by atoms with Gasteiger partial charge in [-0.2, -0.15) is 0 Å². The van der Waals surface area contributed by atoms with E-state index in [-0.39, 0.29) is 6.10 Å². The van der Waals surface area contributed by atoms with Crippen LogP contribution in [0.25, 0.3) is 0 Å². The van der Waals surface area contributed by atoms with Crippen LogP contribution in [-0.4, -0.2) is 65.7 Å². The summed E-state index contributed by atoms with van der Waals surface area (Å²) in [6, 6.07) is 0.732. The summed E-state index contributed by atoms with van der Waals surface area (Å²) < 4.78 is 0. The van der Waals surface area contributed by atoms with Gasteiger partial charge in [0.2, 0.25) is 0 Å². The lowest BCUT2D eigenvalue weighted by Gasteiger charge is -2.24. The zero-order valence-electron chi connectivity index (χ0n) is 9.24. The van der Waals surface area contributed by atoms with Gasteiger partial charge in [-0.05, 0) is 38.9 Å². The Balaban J connectivity index is 1.74. The lowest BCUT2D eigenvalue weighted by atomic mass is 10.2. The highest BCUT2D eigenvalue weighted by atomic mass is 35.5. The number of hydrogen-bond donors (Lipinski definition) is 1. The lowest BCUT2D eigenvalue weighted by Crippen LogP contribution is -2.37. The van der Waals surface area contributed by atoms with Crippen LogP contribution in [0.4, 0.5) is 0 Å². The van der Waals surface area contributed by atoms with Crippen LogP contribution in [0.3, 0.4) is 0 Å². The van der Waals surface area contributed by atoms with Crippen LogP contribution in [0.5, 0.6) is 0 Å². The van der Waals surface area contributed by atoms with E-state index in [9.17, 15) is 5.11 Å². The predicted octanol–water partition coefficient (Wildman–Crippen LogP) is 0.756. The Labute approximate surface area is 97.0 Å². The first-order valence-electron chi connectivity index (χ1n) is 6.00. The number of hydrogen-bond acceptors (Lipinski definition) is 3. The third-order valence-corrected chi connectivity index (χ3v) is 3.91. The quantitative estimate of drug-likeness (QED) is 0.725. The van der Waals surface area contributed by atoms with Crippen molar-refractivity contribution >= 4 is 11.6 Å². The zero-order chi connectivity index (χ0) is 10.7. The number of aliphatic hydroxyl groups is 1. The van der Waals surface area contributed by atoms with Crippen molar-refractivity contribution in [1.82, 2.24) is 9.80 Å². The largest absolute Gasteiger partial charge is 0.391 e. The van der Waals surface area contributed by atoms with E-state index in [2.05, 4.69) is 9.80 Å². The minimum atomic E-state index is -0.357. The molecule has 2 aliphatic rings. The third kappa shape index (κ3) is 3.06. The molecule has 0 bridgehead atoms. The van der Waals surface area contributed by atoms with Crippen LogP contribution in [0.15, 0.2) is 0 Å². The molecule has 15 heavy (non-hydrogen) atoms. The van der Waals surface area contributed by atoms with E-state index in [0.717, 1.165) is 25.7 Å². The van der Waals surface area contributed by atoms with Crippen LogP contribution >= 0.6 is 11.6 Å². The first-order valence-corrected chi connectivity index (χ1v) is 6.53. The lowest BCUT2D eigenvalue weighted by molar-refractivity contribution is 0.136. The van der Waals surface area contributed by atoms with Crippen molar-refractivity contribution in [3.8, 4) is 0 Å². The molecule has 0 radical (unpaired) electrons. The van der Waals surface area contributed by atoms with Crippen LogP contribution in [-0.2, 0) is 0 Å². The molecule has 88 valence electrons. The molecule has 2 atom stereocenters. The molecule has 0 spiro atoms. The van der Waals surface area contributed by atoms with Crippen molar-refractivity contribution < 1.29 is 5.11 Å². The predicted molar refractivity (Wildman–Crippen MR) is 62.4 cm³/mol. The van der Waals surface area contributed by atoms with Crippen LogP contribution in [0, 0.1) is 0 Å². The maximum atomic E-state index is 9.48. The van der Waals surface area contributed by atoms with E-state index >= 15 is 0 Å². The fraction of sp³-hybridized carbons (Fsp3) is 1.00. The second-order valence-corrected chi connectivity index (χ2v) is 5.06. The Morgan fingerprint density at radius 1 is 1.27 bits per heavy atom. The van der Waals surface area contributed by atoms with Gasteiger partial charge in [0.25, 0.3) is 0 Å². The molecule has 4 heteroatoms. The molecule has 2 fully saturated rings. The Morgan fingerprint density at radius 3 is 2.67 bits per heavy atom. The number of likely N-dealkylation sites (tertiary alicyclic amines) is 2. The highest BCUT2D eigenvalue weighted by Gasteiger charge is 2.29. The molecule has 3 nitrogen and oxygen atoms in total. The van der Waals surface area contributed by atoms with Crippen LogP contribution in [0.1, 0.15) is 19.3 Å². The number of rotatable bonds is 4. The smallest absolute Gasteiger partial charge is 0.0802 e. The fourth-order valence-electron chi connectivity index (χ4n) is 2.73. The van der Waals surface area contributed by atoms with Crippen molar-refractivity contribution in [1.29, 1.82) is 0 Å². The first-order chi connectivity index (χ1) is 7.29. The van der Waals surface area contributed by atoms with Gasteiger partial charge in [0.15, 0.2) is 0 Å². The summed E-state index contributed by atoms with van der Waals surface area (Å²) in [6.45, 7) is 5.53. The molecule has 2 aliphatic heterocycles. The van der Waals surface area contributed by atoms with Gasteiger partial charge in [0.05, 0.1) is 6.10 Å². The normalized spacial score (nSPS) is 31.2. The topological polar surface area (TPSA) is 26.7 Å². The molecule has 0 aromatic carbocycles. The minimum absolute atomic E-state index is 0.352. The third-order valence-electron chi connectivity index (χ3n) is 3.55. The summed E-state index contributed by atoms with van der Waals surface area (Å²) >= 11 is 5.61. The SMILES string of the molecule is OC(CCl)CN1CCC(N2CCCC2)C1. The molecule has 2 rings (SSSR count). The average molecular weight is 233 g/mol. The first kappa shape index (κ1) is 11.6. The number of halogens is 1. The highest BCUT2D eigenvalue weighted by molar-refractivity contribution is 6.18. The van der Waals surface area contributed by atoms with Gasteiger partial charge in [0.1, 0.15) is 0 Å². The van der Waals surface area contributed by atoms with E-state index < -0.39 is 0 Å². The maximum Gasteiger partial charge on any atom is 0.0802 e. The molecule has 2 unspecified atom stereocenters. The Morgan fingerprint density at radius 2 is 2.00 bits per heavy atom. The number of aliphatic hydroxyl groups excluding tert-OH is 1. The van der Waals surface area contributed by atoms with Gasteiger partial charge in [-0.1, -0.05) is 0 Å². The van der Waals surface area contributed by atoms with E-state index in [1.165, 1.54) is 32.4 Å². The Bertz CT molecular complexity index is 197. The second kappa shape index (κ2) is 5.48. The van der Waals surface area contributed by atoms with Gasteiger partial charge < -0.3 is 5.11 Å². The standard InChI is InChI=1S/C11H21ClN2O/c12-7-11(15)9-13-6-3-10(8-13)14-4-1-2-5-14/h10-11,15H,1-9H2. The van der Waals surface area contributed by atoms with Crippen molar-refractivity contribution in [3.05, 3.63) is 0 Å². The molecular formula is C11H21ClN2O. The highest BCUT2D eigenvalue weighted by Crippen LogP contribution is 2.20. The van der Waals surface area contributed by atoms with E-state index in [4.69, 9.17) is 11.6 Å². The summed E-state index contributed by atoms with van der Waals surface area (Å²) in [5.41, 5.74) is 0. The number of β-amino-alcohol motifs (C(OH)–C–C–N with tert-alkyl or cyclic N) is 1. The van der Waals surface area contributed by atoms with Gasteiger partial charge in [-0.15, -0.1) is 11.6 Å². The van der Waals surface area contributed by atoms with Crippen molar-refractivity contribution in [2.45, 2.75) is 31.4 Å². The van der Waals surface area contributed by atoms with Crippen LogP contribution < -0.4 is 0 Å². The van der Waals surface area contributed by atoms with Gasteiger partial charge in [0, 0.05) is 25.0 Å². The molecule has 2 saturated heterocycles. The molecule has 2 heterocycles. The zero-order valence-corrected chi connectivity index (χ0v) is 9.99. The van der Waals surface area contributed by atoms with E-state index in [1.807, 2.05) is 0 Å². The summed E-state index contributed by atoms with van der Waals surface area (Å²) in [5.74, 6) is 0.352.